The summed E-state index contributed by atoms with van der Waals surface area (Å²) in [6.45, 7) is 4.35. The Morgan fingerprint density at radius 1 is 1.27 bits per heavy atom. The average molecular weight is 208 g/mol. The van der Waals surface area contributed by atoms with Gasteiger partial charge in [0, 0.05) is 0 Å². The first-order chi connectivity index (χ1) is 7.01. The van der Waals surface area contributed by atoms with Gasteiger partial charge in [0.1, 0.15) is 5.82 Å². The maximum Gasteiger partial charge on any atom is 0.123 e. The van der Waals surface area contributed by atoms with Crippen molar-refractivity contribution in [1.82, 2.24) is 0 Å². The molecule has 82 valence electrons. The molecule has 0 bridgehead atoms. The number of aliphatic hydroxyl groups is 1. The Balaban J connectivity index is 2.10. The summed E-state index contributed by atoms with van der Waals surface area (Å²) in [6, 6.07) is 6.20. The fourth-order valence-corrected chi connectivity index (χ4v) is 2.27. The summed E-state index contributed by atoms with van der Waals surface area (Å²) < 4.78 is 12.7. The third-order valence-corrected chi connectivity index (χ3v) is 3.52. The van der Waals surface area contributed by atoms with Gasteiger partial charge in [0.2, 0.25) is 0 Å². The minimum atomic E-state index is -0.706. The highest BCUT2D eigenvalue weighted by atomic mass is 19.1. The summed E-state index contributed by atoms with van der Waals surface area (Å²) in [6.07, 6.45) is 1.60. The Labute approximate surface area is 89.9 Å². The third-order valence-electron chi connectivity index (χ3n) is 3.52. The number of benzene rings is 1. The fraction of sp³-hybridized carbons (Fsp3) is 0.538. The van der Waals surface area contributed by atoms with Crippen molar-refractivity contribution in [2.45, 2.75) is 32.3 Å². The number of hydrogen-bond acceptors (Lipinski definition) is 1. The Bertz CT molecular complexity index is 336. The standard InChI is InChI=1S/C13H17FO/c1-9(2)10-7-13(15,8-10)11-3-5-12(14)6-4-11/h3-6,9-10,15H,7-8H2,1-2H3. The lowest BCUT2D eigenvalue weighted by molar-refractivity contribution is -0.0934. The summed E-state index contributed by atoms with van der Waals surface area (Å²) in [5.74, 6) is 0.966. The second kappa shape index (κ2) is 3.60. The van der Waals surface area contributed by atoms with Gasteiger partial charge in [-0.25, -0.2) is 4.39 Å². The molecule has 1 aromatic carbocycles. The molecule has 0 spiro atoms. The summed E-state index contributed by atoms with van der Waals surface area (Å²) in [5, 5.41) is 10.3. The maximum atomic E-state index is 12.7. The minimum Gasteiger partial charge on any atom is -0.385 e. The highest BCUT2D eigenvalue weighted by Gasteiger charge is 2.44. The number of halogens is 1. The smallest absolute Gasteiger partial charge is 0.123 e. The third kappa shape index (κ3) is 1.91. The second-order valence-electron chi connectivity index (χ2n) is 4.95. The van der Waals surface area contributed by atoms with Crippen LogP contribution in [0, 0.1) is 17.7 Å². The molecule has 0 amide bonds. The fourth-order valence-electron chi connectivity index (χ4n) is 2.27. The zero-order valence-corrected chi connectivity index (χ0v) is 9.20. The van der Waals surface area contributed by atoms with E-state index >= 15 is 0 Å². The van der Waals surface area contributed by atoms with Crippen molar-refractivity contribution >= 4 is 0 Å². The molecule has 1 saturated carbocycles. The van der Waals surface area contributed by atoms with Crippen molar-refractivity contribution in [2.75, 3.05) is 0 Å². The molecular formula is C13H17FO. The minimum absolute atomic E-state index is 0.248. The second-order valence-corrected chi connectivity index (χ2v) is 4.95. The van der Waals surface area contributed by atoms with E-state index in [0.29, 0.717) is 11.8 Å². The summed E-state index contributed by atoms with van der Waals surface area (Å²) >= 11 is 0. The van der Waals surface area contributed by atoms with E-state index in [1.54, 1.807) is 12.1 Å². The number of hydrogen-bond donors (Lipinski definition) is 1. The van der Waals surface area contributed by atoms with Crippen LogP contribution in [-0.4, -0.2) is 5.11 Å². The molecule has 2 heteroatoms. The first kappa shape index (κ1) is 10.6. The molecule has 1 N–H and O–H groups in total. The summed E-state index contributed by atoms with van der Waals surface area (Å²) in [4.78, 5) is 0. The van der Waals surface area contributed by atoms with Crippen LogP contribution in [0.4, 0.5) is 4.39 Å². The van der Waals surface area contributed by atoms with E-state index in [9.17, 15) is 9.50 Å². The van der Waals surface area contributed by atoms with Gasteiger partial charge >= 0.3 is 0 Å². The Morgan fingerprint density at radius 3 is 2.27 bits per heavy atom. The number of rotatable bonds is 2. The zero-order valence-electron chi connectivity index (χ0n) is 9.20. The average Bonchev–Trinajstić information content (AvgIpc) is 2.13. The summed E-state index contributed by atoms with van der Waals surface area (Å²) in [7, 11) is 0. The monoisotopic (exact) mass is 208 g/mol. The summed E-state index contributed by atoms with van der Waals surface area (Å²) in [5.41, 5.74) is 0.142. The van der Waals surface area contributed by atoms with E-state index in [1.165, 1.54) is 12.1 Å². The van der Waals surface area contributed by atoms with Gasteiger partial charge < -0.3 is 5.11 Å². The first-order valence-electron chi connectivity index (χ1n) is 5.50. The van der Waals surface area contributed by atoms with Gasteiger partial charge in [-0.3, -0.25) is 0 Å². The van der Waals surface area contributed by atoms with Crippen LogP contribution in [-0.2, 0) is 5.60 Å². The Kier molecular flexibility index (Phi) is 2.55. The molecular weight excluding hydrogens is 191 g/mol. The first-order valence-corrected chi connectivity index (χ1v) is 5.50. The van der Waals surface area contributed by atoms with Crippen LogP contribution in [0.3, 0.4) is 0 Å². The highest BCUT2D eigenvalue weighted by Crippen LogP contribution is 2.48. The largest absolute Gasteiger partial charge is 0.385 e. The molecule has 1 aromatic rings. The predicted molar refractivity (Wildman–Crippen MR) is 57.9 cm³/mol. The lowest BCUT2D eigenvalue weighted by Crippen LogP contribution is -2.43. The van der Waals surface area contributed by atoms with Crippen molar-refractivity contribution in [2.24, 2.45) is 11.8 Å². The van der Waals surface area contributed by atoms with Crippen molar-refractivity contribution < 1.29 is 9.50 Å². The SMILES string of the molecule is CC(C)C1CC(O)(c2ccc(F)cc2)C1. The van der Waals surface area contributed by atoms with Crippen molar-refractivity contribution in [3.05, 3.63) is 35.6 Å². The highest BCUT2D eigenvalue weighted by molar-refractivity contribution is 5.25. The molecule has 1 nitrogen and oxygen atoms in total. The molecule has 2 rings (SSSR count). The van der Waals surface area contributed by atoms with Gasteiger partial charge in [-0.2, -0.15) is 0 Å². The quantitative estimate of drug-likeness (QED) is 0.792. The van der Waals surface area contributed by atoms with Crippen LogP contribution in [0.25, 0.3) is 0 Å². The van der Waals surface area contributed by atoms with Gasteiger partial charge in [-0.05, 0) is 42.4 Å². The molecule has 0 saturated heterocycles. The molecule has 1 aliphatic carbocycles. The van der Waals surface area contributed by atoms with E-state index in [1.807, 2.05) is 0 Å². The topological polar surface area (TPSA) is 20.2 Å². The molecule has 0 atom stereocenters. The molecule has 0 aromatic heterocycles. The van der Waals surface area contributed by atoms with Gasteiger partial charge in [0.25, 0.3) is 0 Å². The molecule has 0 aliphatic heterocycles. The molecule has 0 unspecified atom stereocenters. The predicted octanol–water partition coefficient (Wildman–Crippen LogP) is 3.08. The molecule has 1 fully saturated rings. The van der Waals surface area contributed by atoms with Crippen LogP contribution in [0.2, 0.25) is 0 Å². The lowest BCUT2D eigenvalue weighted by Gasteiger charge is -2.46. The molecule has 15 heavy (non-hydrogen) atoms. The van der Waals surface area contributed by atoms with E-state index in [4.69, 9.17) is 0 Å². The van der Waals surface area contributed by atoms with Crippen molar-refractivity contribution in [3.8, 4) is 0 Å². The van der Waals surface area contributed by atoms with Gasteiger partial charge in [0.15, 0.2) is 0 Å². The molecule has 1 aliphatic rings. The van der Waals surface area contributed by atoms with Gasteiger partial charge in [0.05, 0.1) is 5.60 Å². The van der Waals surface area contributed by atoms with E-state index in [-0.39, 0.29) is 5.82 Å². The van der Waals surface area contributed by atoms with E-state index < -0.39 is 5.60 Å². The Hall–Kier alpha value is -0.890. The van der Waals surface area contributed by atoms with Crippen LogP contribution >= 0.6 is 0 Å². The molecule has 0 radical (unpaired) electrons. The van der Waals surface area contributed by atoms with E-state index in [2.05, 4.69) is 13.8 Å². The van der Waals surface area contributed by atoms with Gasteiger partial charge in [-0.15, -0.1) is 0 Å². The normalized spacial score (nSPS) is 30.3. The van der Waals surface area contributed by atoms with Crippen LogP contribution in [0.5, 0.6) is 0 Å². The van der Waals surface area contributed by atoms with Crippen molar-refractivity contribution in [3.63, 3.8) is 0 Å². The maximum absolute atomic E-state index is 12.7. The van der Waals surface area contributed by atoms with E-state index in [0.717, 1.165) is 18.4 Å². The van der Waals surface area contributed by atoms with Crippen LogP contribution in [0.15, 0.2) is 24.3 Å². The lowest BCUT2D eigenvalue weighted by atomic mass is 9.63. The zero-order chi connectivity index (χ0) is 11.1. The van der Waals surface area contributed by atoms with Crippen molar-refractivity contribution in [1.29, 1.82) is 0 Å². The van der Waals surface area contributed by atoms with Crippen LogP contribution < -0.4 is 0 Å². The molecule has 0 heterocycles. The van der Waals surface area contributed by atoms with Gasteiger partial charge in [-0.1, -0.05) is 26.0 Å². The Morgan fingerprint density at radius 2 is 1.80 bits per heavy atom. The van der Waals surface area contributed by atoms with Crippen LogP contribution in [0.1, 0.15) is 32.3 Å².